The fraction of sp³-hybridized carbons (Fsp3) is 0.111. The van der Waals surface area contributed by atoms with Crippen LogP contribution in [0.1, 0.15) is 32.1 Å². The maximum atomic E-state index is 12.2. The number of hydrogen-bond donors (Lipinski definition) is 2. The summed E-state index contributed by atoms with van der Waals surface area (Å²) in [5.74, 6) is -1.26. The number of aromatic carboxylic acids is 1. The van der Waals surface area contributed by atoms with Crippen LogP contribution < -0.4 is 5.56 Å². The zero-order valence-corrected chi connectivity index (χ0v) is 13.3. The van der Waals surface area contributed by atoms with Gasteiger partial charge >= 0.3 is 11.9 Å². The van der Waals surface area contributed by atoms with E-state index in [0.717, 1.165) is 0 Å². The Morgan fingerprint density at radius 1 is 1.20 bits per heavy atom. The summed E-state index contributed by atoms with van der Waals surface area (Å²) < 4.78 is 4.67. The molecule has 0 radical (unpaired) electrons. The van der Waals surface area contributed by atoms with E-state index in [1.807, 2.05) is 0 Å². The van der Waals surface area contributed by atoms with Crippen molar-refractivity contribution in [2.45, 2.75) is 6.42 Å². The molecule has 0 fully saturated rings. The number of H-pyrrole nitrogens is 1. The zero-order valence-electron chi connectivity index (χ0n) is 13.3. The number of fused-ring (bicyclic) bond motifs is 1. The van der Waals surface area contributed by atoms with Gasteiger partial charge in [0.05, 0.1) is 29.1 Å². The molecule has 1 aromatic heterocycles. The van der Waals surface area contributed by atoms with Crippen molar-refractivity contribution in [2.75, 3.05) is 7.11 Å². The number of rotatable bonds is 4. The molecule has 0 atom stereocenters. The number of esters is 1. The topological polar surface area (TPSA) is 109 Å². The molecule has 0 aliphatic heterocycles. The number of ether oxygens (including phenoxy) is 1. The lowest BCUT2D eigenvalue weighted by Gasteiger charge is -2.07. The Bertz CT molecular complexity index is 1040. The van der Waals surface area contributed by atoms with Crippen LogP contribution in [0.15, 0.2) is 47.3 Å². The third-order valence-corrected chi connectivity index (χ3v) is 3.78. The number of carbonyl (C=O) groups is 2. The summed E-state index contributed by atoms with van der Waals surface area (Å²) in [6.45, 7) is 0. The first kappa shape index (κ1) is 16.4. The van der Waals surface area contributed by atoms with Gasteiger partial charge < -0.3 is 14.8 Å². The molecule has 7 heteroatoms. The molecule has 2 N–H and O–H groups in total. The van der Waals surface area contributed by atoms with Gasteiger partial charge in [0.25, 0.3) is 5.56 Å². The fourth-order valence-corrected chi connectivity index (χ4v) is 2.58. The number of nitrogens with one attached hydrogen (secondary N) is 1. The zero-order chi connectivity index (χ0) is 18.0. The summed E-state index contributed by atoms with van der Waals surface area (Å²) in [5, 5.41) is 9.59. The van der Waals surface area contributed by atoms with Gasteiger partial charge in [0, 0.05) is 6.42 Å². The van der Waals surface area contributed by atoms with Crippen LogP contribution in [0.2, 0.25) is 0 Å². The molecule has 0 aliphatic rings. The van der Waals surface area contributed by atoms with E-state index in [-0.39, 0.29) is 23.1 Å². The molecule has 0 saturated heterocycles. The molecule has 0 unspecified atom stereocenters. The average Bonchev–Trinajstić information content (AvgIpc) is 2.60. The molecule has 3 aromatic rings. The normalized spacial score (nSPS) is 10.6. The van der Waals surface area contributed by atoms with Gasteiger partial charge in [0.2, 0.25) is 0 Å². The van der Waals surface area contributed by atoms with Crippen molar-refractivity contribution in [2.24, 2.45) is 0 Å². The monoisotopic (exact) mass is 338 g/mol. The van der Waals surface area contributed by atoms with Gasteiger partial charge in [-0.1, -0.05) is 18.2 Å². The first-order valence-corrected chi connectivity index (χ1v) is 7.42. The third-order valence-electron chi connectivity index (χ3n) is 3.78. The molecule has 0 amide bonds. The van der Waals surface area contributed by atoms with Crippen molar-refractivity contribution in [3.63, 3.8) is 0 Å². The minimum atomic E-state index is -1.05. The van der Waals surface area contributed by atoms with E-state index in [4.69, 9.17) is 0 Å². The van der Waals surface area contributed by atoms with Gasteiger partial charge in [0.1, 0.15) is 5.82 Å². The van der Waals surface area contributed by atoms with Crippen LogP contribution in [0.25, 0.3) is 10.9 Å². The van der Waals surface area contributed by atoms with Crippen molar-refractivity contribution in [3.8, 4) is 0 Å². The van der Waals surface area contributed by atoms with E-state index in [1.165, 1.54) is 31.4 Å². The number of hydrogen-bond acceptors (Lipinski definition) is 5. The van der Waals surface area contributed by atoms with Crippen molar-refractivity contribution in [3.05, 3.63) is 75.3 Å². The van der Waals surface area contributed by atoms with E-state index in [0.29, 0.717) is 22.3 Å². The van der Waals surface area contributed by atoms with Gasteiger partial charge in [-0.15, -0.1) is 0 Å². The van der Waals surface area contributed by atoms with Crippen LogP contribution >= 0.6 is 0 Å². The SMILES string of the molecule is COC(=O)c1ccc2c(=O)[nH]c(Cc3ccccc3C(=O)O)nc2c1. The Kier molecular flexibility index (Phi) is 4.30. The summed E-state index contributed by atoms with van der Waals surface area (Å²) in [6, 6.07) is 11.0. The first-order valence-electron chi connectivity index (χ1n) is 7.42. The van der Waals surface area contributed by atoms with Crippen LogP contribution in [0, 0.1) is 0 Å². The number of aromatic amines is 1. The second kappa shape index (κ2) is 6.56. The minimum absolute atomic E-state index is 0.147. The van der Waals surface area contributed by atoms with Gasteiger partial charge in [-0.3, -0.25) is 4.79 Å². The lowest BCUT2D eigenvalue weighted by Crippen LogP contribution is -2.14. The molecule has 126 valence electrons. The lowest BCUT2D eigenvalue weighted by molar-refractivity contribution is 0.0600. The number of nitrogens with zero attached hydrogens (tertiary/aromatic N) is 1. The van der Waals surface area contributed by atoms with E-state index >= 15 is 0 Å². The molecule has 0 spiro atoms. The number of benzene rings is 2. The molecule has 0 saturated carbocycles. The van der Waals surface area contributed by atoms with E-state index in [9.17, 15) is 19.5 Å². The molecule has 25 heavy (non-hydrogen) atoms. The molecule has 2 aromatic carbocycles. The van der Waals surface area contributed by atoms with Crippen LogP contribution in [0.5, 0.6) is 0 Å². The highest BCUT2D eigenvalue weighted by molar-refractivity contribution is 5.94. The second-order valence-corrected chi connectivity index (χ2v) is 5.38. The number of aromatic nitrogens is 2. The van der Waals surface area contributed by atoms with Crippen LogP contribution in [-0.2, 0) is 11.2 Å². The molecule has 0 aliphatic carbocycles. The van der Waals surface area contributed by atoms with Crippen molar-refractivity contribution >= 4 is 22.8 Å². The minimum Gasteiger partial charge on any atom is -0.478 e. The predicted octanol–water partition coefficient (Wildman–Crippen LogP) is 2.00. The summed E-state index contributed by atoms with van der Waals surface area (Å²) >= 11 is 0. The average molecular weight is 338 g/mol. The fourth-order valence-electron chi connectivity index (χ4n) is 2.58. The van der Waals surface area contributed by atoms with Crippen molar-refractivity contribution < 1.29 is 19.4 Å². The van der Waals surface area contributed by atoms with Crippen molar-refractivity contribution in [1.29, 1.82) is 0 Å². The van der Waals surface area contributed by atoms with E-state index < -0.39 is 11.9 Å². The van der Waals surface area contributed by atoms with Crippen LogP contribution in [0.3, 0.4) is 0 Å². The highest BCUT2D eigenvalue weighted by Crippen LogP contribution is 2.15. The van der Waals surface area contributed by atoms with E-state index in [1.54, 1.807) is 18.2 Å². The van der Waals surface area contributed by atoms with Gasteiger partial charge in [-0.2, -0.15) is 0 Å². The molecular weight excluding hydrogens is 324 g/mol. The van der Waals surface area contributed by atoms with Crippen molar-refractivity contribution in [1.82, 2.24) is 9.97 Å². The quantitative estimate of drug-likeness (QED) is 0.704. The predicted molar refractivity (Wildman–Crippen MR) is 89.9 cm³/mol. The summed E-state index contributed by atoms with van der Waals surface area (Å²) in [7, 11) is 1.27. The first-order chi connectivity index (χ1) is 12.0. The van der Waals surface area contributed by atoms with Gasteiger partial charge in [0.15, 0.2) is 0 Å². The molecule has 7 nitrogen and oxygen atoms in total. The Balaban J connectivity index is 2.07. The highest BCUT2D eigenvalue weighted by Gasteiger charge is 2.13. The number of methoxy groups -OCH3 is 1. The summed E-state index contributed by atoms with van der Waals surface area (Å²) in [6.07, 6.45) is 0.149. The summed E-state index contributed by atoms with van der Waals surface area (Å²) in [5.41, 5.74) is 0.943. The van der Waals surface area contributed by atoms with E-state index in [2.05, 4.69) is 14.7 Å². The van der Waals surface area contributed by atoms with Gasteiger partial charge in [-0.25, -0.2) is 14.6 Å². The maximum Gasteiger partial charge on any atom is 0.337 e. The standard InChI is InChI=1S/C18H14N2O5/c1-25-18(24)11-6-7-13-14(8-11)19-15(20-16(13)21)9-10-4-2-3-5-12(10)17(22)23/h2-8H,9H2,1H3,(H,22,23)(H,19,20,21). The molecular formula is C18H14N2O5. The Morgan fingerprint density at radius 3 is 2.68 bits per heavy atom. The molecule has 1 heterocycles. The second-order valence-electron chi connectivity index (χ2n) is 5.38. The van der Waals surface area contributed by atoms with Crippen LogP contribution in [0.4, 0.5) is 0 Å². The maximum absolute atomic E-state index is 12.2. The Morgan fingerprint density at radius 2 is 1.96 bits per heavy atom. The Hall–Kier alpha value is -3.48. The molecule has 3 rings (SSSR count). The third kappa shape index (κ3) is 3.25. The van der Waals surface area contributed by atoms with Gasteiger partial charge in [-0.05, 0) is 29.8 Å². The lowest BCUT2D eigenvalue weighted by atomic mass is 10.0. The highest BCUT2D eigenvalue weighted by atomic mass is 16.5. The summed E-state index contributed by atoms with van der Waals surface area (Å²) in [4.78, 5) is 42.2. The number of carbonyl (C=O) groups excluding carboxylic acids is 1. The number of carboxylic acid groups (broad SMARTS) is 1. The Labute approximate surface area is 141 Å². The van der Waals surface area contributed by atoms with Crippen LogP contribution in [-0.4, -0.2) is 34.1 Å². The largest absolute Gasteiger partial charge is 0.478 e. The number of carboxylic acids is 1. The smallest absolute Gasteiger partial charge is 0.337 e. The molecule has 0 bridgehead atoms.